The summed E-state index contributed by atoms with van der Waals surface area (Å²) in [4.78, 5) is 14.6. The van der Waals surface area contributed by atoms with E-state index in [0.717, 1.165) is 16.6 Å². The average molecular weight is 367 g/mol. The molecule has 0 radical (unpaired) electrons. The van der Waals surface area contributed by atoms with E-state index in [1.807, 2.05) is 12.1 Å². The number of carbonyl (C=O) groups excluding carboxylic acids is 1. The Balaban J connectivity index is 1.98. The summed E-state index contributed by atoms with van der Waals surface area (Å²) >= 11 is 9.41. The van der Waals surface area contributed by atoms with E-state index < -0.39 is 0 Å². The van der Waals surface area contributed by atoms with Crippen molar-refractivity contribution in [3.63, 3.8) is 0 Å². The van der Waals surface area contributed by atoms with Crippen LogP contribution < -0.4 is 9.64 Å². The smallest absolute Gasteiger partial charge is 0.262 e. The predicted octanol–water partition coefficient (Wildman–Crippen LogP) is 4.31. The first kappa shape index (κ1) is 14.4. The largest absolute Gasteiger partial charge is 0.496 e. The highest BCUT2D eigenvalue weighted by atomic mass is 79.9. The number of hydrogen-bond acceptors (Lipinski definition) is 2. The molecule has 1 amide bonds. The molecule has 3 rings (SSSR count). The lowest BCUT2D eigenvalue weighted by atomic mass is 10.1. The van der Waals surface area contributed by atoms with Gasteiger partial charge in [-0.25, -0.2) is 0 Å². The Hall–Kier alpha value is -1.52. The normalized spacial score (nSPS) is 13.2. The molecule has 21 heavy (non-hydrogen) atoms. The van der Waals surface area contributed by atoms with E-state index in [2.05, 4.69) is 22.0 Å². The monoisotopic (exact) mass is 365 g/mol. The van der Waals surface area contributed by atoms with Gasteiger partial charge >= 0.3 is 0 Å². The number of amides is 1. The van der Waals surface area contributed by atoms with E-state index >= 15 is 0 Å². The second kappa shape index (κ2) is 5.70. The summed E-state index contributed by atoms with van der Waals surface area (Å²) in [7, 11) is 1.54. The molecule has 2 aromatic rings. The molecule has 0 aliphatic carbocycles. The summed E-state index contributed by atoms with van der Waals surface area (Å²) in [6, 6.07) is 11.0. The topological polar surface area (TPSA) is 29.5 Å². The SMILES string of the molecule is COc1cc(Cl)ccc1C(=O)N1CCc2cc(Br)ccc21. The van der Waals surface area contributed by atoms with Crippen molar-refractivity contribution >= 4 is 39.1 Å². The van der Waals surface area contributed by atoms with Gasteiger partial charge in [0.25, 0.3) is 5.91 Å². The van der Waals surface area contributed by atoms with Gasteiger partial charge in [0.2, 0.25) is 0 Å². The van der Waals surface area contributed by atoms with Gasteiger partial charge < -0.3 is 9.64 Å². The zero-order valence-electron chi connectivity index (χ0n) is 11.4. The Morgan fingerprint density at radius 1 is 1.29 bits per heavy atom. The summed E-state index contributed by atoms with van der Waals surface area (Å²) < 4.78 is 6.30. The van der Waals surface area contributed by atoms with E-state index in [9.17, 15) is 4.79 Å². The van der Waals surface area contributed by atoms with E-state index in [1.165, 1.54) is 12.7 Å². The molecule has 5 heteroatoms. The molecule has 0 aromatic heterocycles. The zero-order valence-corrected chi connectivity index (χ0v) is 13.7. The fraction of sp³-hybridized carbons (Fsp3) is 0.188. The third kappa shape index (κ3) is 2.65. The van der Waals surface area contributed by atoms with Crippen LogP contribution in [-0.4, -0.2) is 19.6 Å². The maximum absolute atomic E-state index is 12.8. The van der Waals surface area contributed by atoms with Gasteiger partial charge in [-0.05, 0) is 48.4 Å². The molecule has 0 N–H and O–H groups in total. The van der Waals surface area contributed by atoms with Crippen molar-refractivity contribution in [1.82, 2.24) is 0 Å². The van der Waals surface area contributed by atoms with Crippen LogP contribution in [0.1, 0.15) is 15.9 Å². The van der Waals surface area contributed by atoms with Crippen molar-refractivity contribution in [2.24, 2.45) is 0 Å². The number of hydrogen-bond donors (Lipinski definition) is 0. The summed E-state index contributed by atoms with van der Waals surface area (Å²) in [5.74, 6) is 0.433. The van der Waals surface area contributed by atoms with Crippen LogP contribution in [0, 0.1) is 0 Å². The number of ether oxygens (including phenoxy) is 1. The van der Waals surface area contributed by atoms with Crippen LogP contribution in [0.15, 0.2) is 40.9 Å². The minimum Gasteiger partial charge on any atom is -0.496 e. The van der Waals surface area contributed by atoms with Crippen LogP contribution in [-0.2, 0) is 6.42 Å². The van der Waals surface area contributed by atoms with Crippen LogP contribution in [0.3, 0.4) is 0 Å². The number of methoxy groups -OCH3 is 1. The quantitative estimate of drug-likeness (QED) is 0.792. The highest BCUT2D eigenvalue weighted by molar-refractivity contribution is 9.10. The number of halogens is 2. The van der Waals surface area contributed by atoms with Gasteiger partial charge in [-0.3, -0.25) is 4.79 Å². The Bertz CT molecular complexity index is 717. The number of anilines is 1. The number of carbonyl (C=O) groups is 1. The summed E-state index contributed by atoms with van der Waals surface area (Å²) in [5.41, 5.74) is 2.66. The Morgan fingerprint density at radius 2 is 2.10 bits per heavy atom. The van der Waals surface area contributed by atoms with Gasteiger partial charge in [0.15, 0.2) is 0 Å². The first-order valence-corrected chi connectivity index (χ1v) is 7.71. The van der Waals surface area contributed by atoms with Gasteiger partial charge in [-0.1, -0.05) is 27.5 Å². The molecule has 0 spiro atoms. The molecule has 1 aliphatic heterocycles. The second-order valence-electron chi connectivity index (χ2n) is 4.82. The van der Waals surface area contributed by atoms with Gasteiger partial charge in [0.05, 0.1) is 12.7 Å². The van der Waals surface area contributed by atoms with Crippen LogP contribution in [0.4, 0.5) is 5.69 Å². The maximum atomic E-state index is 12.8. The molecule has 1 heterocycles. The van der Waals surface area contributed by atoms with E-state index in [1.54, 1.807) is 23.1 Å². The fourth-order valence-electron chi connectivity index (χ4n) is 2.57. The minimum absolute atomic E-state index is 0.0652. The lowest BCUT2D eigenvalue weighted by Gasteiger charge is -2.19. The van der Waals surface area contributed by atoms with Gasteiger partial charge in [-0.15, -0.1) is 0 Å². The van der Waals surface area contributed by atoms with Crippen molar-refractivity contribution < 1.29 is 9.53 Å². The number of fused-ring (bicyclic) bond motifs is 1. The van der Waals surface area contributed by atoms with Crippen molar-refractivity contribution in [3.8, 4) is 5.75 Å². The highest BCUT2D eigenvalue weighted by Crippen LogP contribution is 2.33. The molecule has 0 fully saturated rings. The summed E-state index contributed by atoms with van der Waals surface area (Å²) in [6.45, 7) is 0.677. The second-order valence-corrected chi connectivity index (χ2v) is 6.18. The minimum atomic E-state index is -0.0652. The van der Waals surface area contributed by atoms with Crippen molar-refractivity contribution in [3.05, 3.63) is 57.0 Å². The van der Waals surface area contributed by atoms with Crippen molar-refractivity contribution in [2.75, 3.05) is 18.6 Å². The molecular weight excluding hydrogens is 354 g/mol. The maximum Gasteiger partial charge on any atom is 0.262 e. The fourth-order valence-corrected chi connectivity index (χ4v) is 3.14. The highest BCUT2D eigenvalue weighted by Gasteiger charge is 2.27. The molecule has 3 nitrogen and oxygen atoms in total. The standard InChI is InChI=1S/C16H13BrClNO2/c1-21-15-9-12(18)3-4-13(15)16(20)19-7-6-10-8-11(17)2-5-14(10)19/h2-5,8-9H,6-7H2,1H3. The molecule has 0 unspecified atom stereocenters. The van der Waals surface area contributed by atoms with E-state index in [0.29, 0.717) is 22.9 Å². The molecule has 0 saturated heterocycles. The van der Waals surface area contributed by atoms with Crippen LogP contribution >= 0.6 is 27.5 Å². The lowest BCUT2D eigenvalue weighted by Crippen LogP contribution is -2.29. The molecule has 108 valence electrons. The molecule has 0 bridgehead atoms. The van der Waals surface area contributed by atoms with Crippen LogP contribution in [0.5, 0.6) is 5.75 Å². The summed E-state index contributed by atoms with van der Waals surface area (Å²) in [6.07, 6.45) is 0.858. The van der Waals surface area contributed by atoms with E-state index in [4.69, 9.17) is 16.3 Å². The molecule has 0 atom stereocenters. The third-order valence-corrected chi connectivity index (χ3v) is 4.30. The first-order chi connectivity index (χ1) is 10.1. The van der Waals surface area contributed by atoms with Gasteiger partial charge in [0.1, 0.15) is 5.75 Å². The van der Waals surface area contributed by atoms with Crippen LogP contribution in [0.2, 0.25) is 5.02 Å². The number of nitrogens with zero attached hydrogens (tertiary/aromatic N) is 1. The van der Waals surface area contributed by atoms with Gasteiger partial charge in [-0.2, -0.15) is 0 Å². The Kier molecular flexibility index (Phi) is 3.91. The molecule has 1 aliphatic rings. The number of benzene rings is 2. The first-order valence-electron chi connectivity index (χ1n) is 6.54. The Morgan fingerprint density at radius 3 is 2.86 bits per heavy atom. The summed E-state index contributed by atoms with van der Waals surface area (Å²) in [5, 5.41) is 0.550. The predicted molar refractivity (Wildman–Crippen MR) is 87.5 cm³/mol. The van der Waals surface area contributed by atoms with Gasteiger partial charge in [0, 0.05) is 21.7 Å². The van der Waals surface area contributed by atoms with Crippen molar-refractivity contribution in [1.29, 1.82) is 0 Å². The average Bonchev–Trinajstić information content (AvgIpc) is 2.89. The Labute approximate surface area is 136 Å². The zero-order chi connectivity index (χ0) is 15.0. The third-order valence-electron chi connectivity index (χ3n) is 3.58. The number of rotatable bonds is 2. The molecule has 2 aromatic carbocycles. The van der Waals surface area contributed by atoms with E-state index in [-0.39, 0.29) is 5.91 Å². The molecule has 0 saturated carbocycles. The van der Waals surface area contributed by atoms with Crippen LogP contribution in [0.25, 0.3) is 0 Å². The molecular formula is C16H13BrClNO2. The lowest BCUT2D eigenvalue weighted by molar-refractivity contribution is 0.0986. The van der Waals surface area contributed by atoms with Crippen molar-refractivity contribution in [2.45, 2.75) is 6.42 Å².